The number of para-hydroxylation sites is 1. The Bertz CT molecular complexity index is 1630. The number of carbonyl (C=O) groups is 1. The second-order valence-corrected chi connectivity index (χ2v) is 11.1. The highest BCUT2D eigenvalue weighted by Gasteiger charge is 2.22. The fraction of sp³-hybridized carbons (Fsp3) is 0.290. The van der Waals surface area contributed by atoms with Crippen LogP contribution < -0.4 is 20.3 Å². The Kier molecular flexibility index (Phi) is 9.36. The molecule has 1 N–H and O–H groups in total. The molecule has 1 saturated carbocycles. The van der Waals surface area contributed by atoms with E-state index in [1.165, 1.54) is 11.1 Å². The van der Waals surface area contributed by atoms with Gasteiger partial charge in [-0.15, -0.1) is 0 Å². The lowest BCUT2D eigenvalue weighted by molar-refractivity contribution is -0.118. The maximum atomic E-state index is 13.5. The molecule has 0 unspecified atom stereocenters. The van der Waals surface area contributed by atoms with Crippen LogP contribution in [0.1, 0.15) is 56.3 Å². The van der Waals surface area contributed by atoms with E-state index < -0.39 is 0 Å². The maximum Gasteiger partial charge on any atom is 0.282 e. The van der Waals surface area contributed by atoms with E-state index in [4.69, 9.17) is 26.1 Å². The number of rotatable bonds is 9. The van der Waals surface area contributed by atoms with E-state index >= 15 is 0 Å². The van der Waals surface area contributed by atoms with Crippen molar-refractivity contribution in [1.82, 2.24) is 9.66 Å². The summed E-state index contributed by atoms with van der Waals surface area (Å²) in [6.07, 6.45) is 7.01. The van der Waals surface area contributed by atoms with Crippen LogP contribution in [0.4, 0.5) is 5.69 Å². The van der Waals surface area contributed by atoms with E-state index in [1.54, 1.807) is 48.7 Å². The number of aromatic nitrogens is 2. The minimum absolute atomic E-state index is 0.179. The highest BCUT2D eigenvalue weighted by atomic mass is 79.9. The smallest absolute Gasteiger partial charge is 0.282 e. The third-order valence-electron chi connectivity index (χ3n) is 6.88. The van der Waals surface area contributed by atoms with Gasteiger partial charge in [0.1, 0.15) is 5.82 Å². The monoisotopic (exact) mass is 636 g/mol. The molecule has 1 fully saturated rings. The summed E-state index contributed by atoms with van der Waals surface area (Å²) in [5, 5.41) is 8.51. The first-order chi connectivity index (χ1) is 19.9. The van der Waals surface area contributed by atoms with Crippen molar-refractivity contribution >= 4 is 56.2 Å². The largest absolute Gasteiger partial charge is 0.490 e. The molecule has 1 aromatic heterocycles. The Balaban J connectivity index is 1.41. The molecular formula is C31H30BrClN4O4. The average Bonchev–Trinajstić information content (AvgIpc) is 2.98. The lowest BCUT2D eigenvalue weighted by Crippen LogP contribution is -2.25. The molecule has 3 aromatic carbocycles. The molecule has 1 amide bonds. The summed E-state index contributed by atoms with van der Waals surface area (Å²) in [6, 6.07) is 17.8. The molecule has 0 atom stereocenters. The number of nitrogens with zero attached hydrogens (tertiary/aromatic N) is 3. The summed E-state index contributed by atoms with van der Waals surface area (Å²) in [6.45, 7) is 2.03. The van der Waals surface area contributed by atoms with Gasteiger partial charge in [0.05, 0.1) is 28.2 Å². The Morgan fingerprint density at radius 1 is 1.12 bits per heavy atom. The van der Waals surface area contributed by atoms with Crippen molar-refractivity contribution in [3.63, 3.8) is 0 Å². The molecule has 10 heteroatoms. The van der Waals surface area contributed by atoms with Gasteiger partial charge in [0, 0.05) is 16.6 Å². The number of hydrogen-bond acceptors (Lipinski definition) is 6. The predicted molar refractivity (Wildman–Crippen MR) is 166 cm³/mol. The van der Waals surface area contributed by atoms with Gasteiger partial charge in [-0.05, 0) is 89.8 Å². The third kappa shape index (κ3) is 6.97. The lowest BCUT2D eigenvalue weighted by atomic mass is 9.88. The minimum atomic E-state index is -0.328. The highest BCUT2D eigenvalue weighted by Crippen LogP contribution is 2.37. The quantitative estimate of drug-likeness (QED) is 0.197. The Hall–Kier alpha value is -3.69. The van der Waals surface area contributed by atoms with E-state index in [2.05, 4.69) is 26.3 Å². The Morgan fingerprint density at radius 2 is 1.88 bits per heavy atom. The zero-order valence-corrected chi connectivity index (χ0v) is 25.0. The summed E-state index contributed by atoms with van der Waals surface area (Å²) >= 11 is 9.46. The molecule has 0 spiro atoms. The summed E-state index contributed by atoms with van der Waals surface area (Å²) < 4.78 is 13.7. The molecule has 0 bridgehead atoms. The van der Waals surface area contributed by atoms with Crippen molar-refractivity contribution in [3.05, 3.63) is 91.9 Å². The van der Waals surface area contributed by atoms with Gasteiger partial charge in [0.15, 0.2) is 18.1 Å². The first-order valence-corrected chi connectivity index (χ1v) is 14.8. The van der Waals surface area contributed by atoms with Gasteiger partial charge >= 0.3 is 0 Å². The number of halogens is 2. The molecule has 0 radical (unpaired) electrons. The molecule has 8 nitrogen and oxygen atoms in total. The van der Waals surface area contributed by atoms with Gasteiger partial charge in [-0.25, -0.2) is 4.98 Å². The Labute approximate surface area is 251 Å². The fourth-order valence-electron chi connectivity index (χ4n) is 4.94. The molecule has 212 valence electrons. The van der Waals surface area contributed by atoms with E-state index in [1.807, 2.05) is 25.1 Å². The molecule has 4 aromatic rings. The second-order valence-electron chi connectivity index (χ2n) is 9.79. The molecular weight excluding hydrogens is 608 g/mol. The van der Waals surface area contributed by atoms with Crippen LogP contribution in [0.3, 0.4) is 0 Å². The van der Waals surface area contributed by atoms with Crippen LogP contribution in [0.25, 0.3) is 10.9 Å². The number of ether oxygens (including phenoxy) is 2. The van der Waals surface area contributed by atoms with Gasteiger partial charge in [-0.3, -0.25) is 9.59 Å². The number of anilines is 1. The van der Waals surface area contributed by atoms with Crippen LogP contribution in [0.5, 0.6) is 11.5 Å². The molecule has 1 aliphatic rings. The van der Waals surface area contributed by atoms with Gasteiger partial charge in [0.2, 0.25) is 0 Å². The van der Waals surface area contributed by atoms with E-state index in [0.717, 1.165) is 25.7 Å². The Morgan fingerprint density at radius 3 is 2.63 bits per heavy atom. The molecule has 5 rings (SSSR count). The van der Waals surface area contributed by atoms with Crippen LogP contribution in [0, 0.1) is 0 Å². The van der Waals surface area contributed by atoms with E-state index in [-0.39, 0.29) is 24.0 Å². The average molecular weight is 638 g/mol. The molecule has 0 aliphatic heterocycles. The van der Waals surface area contributed by atoms with Crippen molar-refractivity contribution in [3.8, 4) is 11.5 Å². The zero-order chi connectivity index (χ0) is 28.8. The number of hydrogen-bond donors (Lipinski definition) is 1. The molecule has 41 heavy (non-hydrogen) atoms. The van der Waals surface area contributed by atoms with Gasteiger partial charge in [0.25, 0.3) is 11.5 Å². The standard InChI is InChI=1S/C31H30BrClN4O4/c1-2-40-27-17-20(16-25(32)29(27)41-19-28(38)35-23-14-12-22(33)13-15-23)18-34-37-30(21-8-4-3-5-9-21)36-26-11-7-6-10-24(26)31(37)39/h6-7,10-18,21H,2-5,8-9,19H2,1H3,(H,35,38). The second kappa shape index (κ2) is 13.3. The summed E-state index contributed by atoms with van der Waals surface area (Å²) in [5.41, 5.74) is 1.80. The number of nitrogens with one attached hydrogen (secondary N) is 1. The van der Waals surface area contributed by atoms with Crippen LogP contribution in [0.15, 0.2) is 75.0 Å². The van der Waals surface area contributed by atoms with Crippen LogP contribution >= 0.6 is 27.5 Å². The van der Waals surface area contributed by atoms with E-state index in [9.17, 15) is 9.59 Å². The number of amides is 1. The van der Waals surface area contributed by atoms with Crippen molar-refractivity contribution in [1.29, 1.82) is 0 Å². The summed E-state index contributed by atoms with van der Waals surface area (Å²) in [7, 11) is 0. The van der Waals surface area contributed by atoms with Gasteiger partial charge in [-0.2, -0.15) is 9.78 Å². The fourth-order valence-corrected chi connectivity index (χ4v) is 5.64. The maximum absolute atomic E-state index is 13.5. The number of carbonyl (C=O) groups excluding carboxylic acids is 1. The zero-order valence-electron chi connectivity index (χ0n) is 22.6. The van der Waals surface area contributed by atoms with Crippen molar-refractivity contribution < 1.29 is 14.3 Å². The van der Waals surface area contributed by atoms with Crippen molar-refractivity contribution in [2.45, 2.75) is 44.9 Å². The minimum Gasteiger partial charge on any atom is -0.490 e. The first-order valence-electron chi connectivity index (χ1n) is 13.6. The summed E-state index contributed by atoms with van der Waals surface area (Å²) in [5.74, 6) is 1.38. The molecule has 1 aliphatic carbocycles. The third-order valence-corrected chi connectivity index (χ3v) is 7.72. The van der Waals surface area contributed by atoms with Gasteiger partial charge < -0.3 is 14.8 Å². The van der Waals surface area contributed by atoms with Crippen LogP contribution in [-0.2, 0) is 4.79 Å². The summed E-state index contributed by atoms with van der Waals surface area (Å²) in [4.78, 5) is 30.9. The van der Waals surface area contributed by atoms with Crippen molar-refractivity contribution in [2.75, 3.05) is 18.5 Å². The van der Waals surface area contributed by atoms with Crippen molar-refractivity contribution in [2.24, 2.45) is 5.10 Å². The van der Waals surface area contributed by atoms with Gasteiger partial charge in [-0.1, -0.05) is 43.0 Å². The number of fused-ring (bicyclic) bond motifs is 1. The van der Waals surface area contributed by atoms with Crippen LogP contribution in [-0.4, -0.2) is 35.0 Å². The van der Waals surface area contributed by atoms with Crippen LogP contribution in [0.2, 0.25) is 5.02 Å². The molecule has 1 heterocycles. The topological polar surface area (TPSA) is 94.8 Å². The number of benzene rings is 3. The first kappa shape index (κ1) is 28.8. The highest BCUT2D eigenvalue weighted by molar-refractivity contribution is 9.10. The lowest BCUT2D eigenvalue weighted by Gasteiger charge is -2.22. The normalized spacial score (nSPS) is 13.9. The predicted octanol–water partition coefficient (Wildman–Crippen LogP) is 7.16. The van der Waals surface area contributed by atoms with E-state index in [0.29, 0.717) is 55.6 Å². The SMILES string of the molecule is CCOc1cc(C=Nn2c(C3CCCCC3)nc3ccccc3c2=O)cc(Br)c1OCC(=O)Nc1ccc(Cl)cc1. The molecule has 0 saturated heterocycles.